The van der Waals surface area contributed by atoms with E-state index in [-0.39, 0.29) is 24.9 Å². The second kappa shape index (κ2) is 15.3. The molecule has 1 aliphatic carbocycles. The molecule has 42 heavy (non-hydrogen) atoms. The maximum Gasteiger partial charge on any atom is 0.410 e. The molecule has 0 aromatic heterocycles. The molecule has 2 heterocycles. The minimum atomic E-state index is -1.52. The number of nitrogens with one attached hydrogen (secondary N) is 2. The Morgan fingerprint density at radius 1 is 1.17 bits per heavy atom. The van der Waals surface area contributed by atoms with Gasteiger partial charge in [0.25, 0.3) is 0 Å². The second-order valence-corrected chi connectivity index (χ2v) is 13.8. The van der Waals surface area contributed by atoms with E-state index in [9.17, 15) is 29.7 Å². The maximum absolute atomic E-state index is 13.8. The van der Waals surface area contributed by atoms with Gasteiger partial charge < -0.3 is 35.4 Å². The van der Waals surface area contributed by atoms with Crippen molar-refractivity contribution in [3.05, 3.63) is 23.8 Å². The van der Waals surface area contributed by atoms with Crippen molar-refractivity contribution < 1.29 is 39.2 Å². The Labute approximate surface area is 257 Å². The summed E-state index contributed by atoms with van der Waals surface area (Å²) in [5, 5.41) is 36.5. The van der Waals surface area contributed by atoms with E-state index < -0.39 is 64.9 Å². The molecular weight excluding hydrogens is 586 g/mol. The van der Waals surface area contributed by atoms with Crippen LogP contribution in [0.4, 0.5) is 4.79 Å². The molecule has 5 N–H and O–H groups in total. The minimum absolute atomic E-state index is 0.140. The molecule has 0 spiro atoms. The zero-order chi connectivity index (χ0) is 31.2. The van der Waals surface area contributed by atoms with Crippen LogP contribution in [-0.2, 0) is 19.1 Å². The van der Waals surface area contributed by atoms with Gasteiger partial charge in [-0.2, -0.15) is 0 Å². The first kappa shape index (κ1) is 34.7. The standard InChI is InChI=1S/C29H46ClN3O8S/c1-16(30)21(25-23(36)22(35)24(37)27(40-25)42-5)32-26(38)19-12-10-17(11-13-20(34)31-18-8-6-7-9-18)14-15-33(19)28(39)41-29(2,3)4/h10-11,13,16,18-19,21-25,27,35-37H,6-9,12,14-15H2,1-5H3,(H,31,34)(H,32,38)/b13-11+/t16-,19-,21+,22?,23?,24?,25?,27?/m0/s1. The number of aliphatic hydroxyl groups is 3. The smallest absolute Gasteiger partial charge is 0.410 e. The first-order valence-electron chi connectivity index (χ1n) is 14.6. The normalized spacial score (nSPS) is 30.8. The van der Waals surface area contributed by atoms with Crippen LogP contribution in [0.15, 0.2) is 23.8 Å². The van der Waals surface area contributed by atoms with E-state index in [1.807, 2.05) is 6.08 Å². The lowest BCUT2D eigenvalue weighted by atomic mass is 9.93. The van der Waals surface area contributed by atoms with Crippen molar-refractivity contribution in [3.63, 3.8) is 0 Å². The molecule has 13 heteroatoms. The molecule has 2 fully saturated rings. The number of carbonyl (C=O) groups is 3. The van der Waals surface area contributed by atoms with Gasteiger partial charge in [-0.25, -0.2) is 4.79 Å². The Morgan fingerprint density at radius 2 is 1.83 bits per heavy atom. The van der Waals surface area contributed by atoms with E-state index in [1.165, 1.54) is 11.0 Å². The molecule has 3 aliphatic rings. The van der Waals surface area contributed by atoms with Crippen molar-refractivity contribution in [1.82, 2.24) is 15.5 Å². The van der Waals surface area contributed by atoms with Gasteiger partial charge >= 0.3 is 6.09 Å². The van der Waals surface area contributed by atoms with Gasteiger partial charge in [0.2, 0.25) is 11.8 Å². The van der Waals surface area contributed by atoms with Gasteiger partial charge in [-0.15, -0.1) is 23.4 Å². The summed E-state index contributed by atoms with van der Waals surface area (Å²) in [5.74, 6) is -0.720. The SMILES string of the molecule is CSC1OC([C@H](NC(=O)[C@@H]2CC=C(/C=C/C(=O)NC3CCCC3)CCN2C(=O)OC(C)(C)C)[C@H](C)Cl)C(O)C(O)C1O. The fraction of sp³-hybridized carbons (Fsp3) is 0.759. The van der Waals surface area contributed by atoms with Crippen molar-refractivity contribution >= 4 is 41.3 Å². The van der Waals surface area contributed by atoms with Crippen LogP contribution in [0.25, 0.3) is 0 Å². The maximum atomic E-state index is 13.8. The molecule has 11 nitrogen and oxygen atoms in total. The quantitative estimate of drug-likeness (QED) is 0.200. The van der Waals surface area contributed by atoms with E-state index in [2.05, 4.69) is 10.6 Å². The number of nitrogens with zero attached hydrogens (tertiary/aromatic N) is 1. The molecule has 0 bridgehead atoms. The molecule has 1 saturated carbocycles. The largest absolute Gasteiger partial charge is 0.444 e. The fourth-order valence-electron chi connectivity index (χ4n) is 5.42. The van der Waals surface area contributed by atoms with Crippen LogP contribution in [-0.4, -0.2) is 110 Å². The van der Waals surface area contributed by atoms with Gasteiger partial charge in [0.1, 0.15) is 41.5 Å². The van der Waals surface area contributed by atoms with Gasteiger partial charge in [0, 0.05) is 18.7 Å². The van der Waals surface area contributed by atoms with Gasteiger partial charge in [0.15, 0.2) is 0 Å². The summed E-state index contributed by atoms with van der Waals surface area (Å²) in [6.07, 6.45) is 5.30. The van der Waals surface area contributed by atoms with Gasteiger partial charge in [-0.1, -0.05) is 25.0 Å². The van der Waals surface area contributed by atoms with Crippen LogP contribution in [0.1, 0.15) is 66.2 Å². The highest BCUT2D eigenvalue weighted by Gasteiger charge is 2.48. The topological polar surface area (TPSA) is 158 Å². The molecule has 1 saturated heterocycles. The summed E-state index contributed by atoms with van der Waals surface area (Å²) in [5.41, 5.74) is -0.841. The summed E-state index contributed by atoms with van der Waals surface area (Å²) in [6, 6.07) is -1.75. The molecule has 2 aliphatic heterocycles. The molecule has 0 radical (unpaired) electrons. The molecule has 238 valence electrons. The average Bonchev–Trinajstić information content (AvgIpc) is 3.32. The van der Waals surface area contributed by atoms with E-state index >= 15 is 0 Å². The molecule has 0 aromatic carbocycles. The van der Waals surface area contributed by atoms with Crippen LogP contribution in [0.2, 0.25) is 0 Å². The monoisotopic (exact) mass is 631 g/mol. The zero-order valence-corrected chi connectivity index (χ0v) is 26.6. The number of hydrogen-bond acceptors (Lipinski definition) is 9. The summed E-state index contributed by atoms with van der Waals surface area (Å²) >= 11 is 7.61. The summed E-state index contributed by atoms with van der Waals surface area (Å²) in [7, 11) is 0. The molecule has 5 unspecified atom stereocenters. The third kappa shape index (κ3) is 9.33. The van der Waals surface area contributed by atoms with Crippen molar-refractivity contribution in [1.29, 1.82) is 0 Å². The third-order valence-electron chi connectivity index (χ3n) is 7.70. The van der Waals surface area contributed by atoms with Gasteiger partial charge in [-0.3, -0.25) is 14.5 Å². The van der Waals surface area contributed by atoms with Crippen molar-refractivity contribution in [2.45, 2.75) is 125 Å². The fourth-order valence-corrected chi connectivity index (χ4v) is 6.31. The summed E-state index contributed by atoms with van der Waals surface area (Å²) < 4.78 is 11.5. The number of rotatable bonds is 8. The number of alkyl halides is 1. The number of ether oxygens (including phenoxy) is 2. The highest BCUT2D eigenvalue weighted by atomic mass is 35.5. The van der Waals surface area contributed by atoms with Crippen molar-refractivity contribution in [3.8, 4) is 0 Å². The molecule has 8 atom stereocenters. The van der Waals surface area contributed by atoms with E-state index in [0.717, 1.165) is 43.0 Å². The number of amides is 3. The van der Waals surface area contributed by atoms with Gasteiger partial charge in [-0.05, 0) is 65.2 Å². The van der Waals surface area contributed by atoms with Crippen molar-refractivity contribution in [2.24, 2.45) is 0 Å². The summed E-state index contributed by atoms with van der Waals surface area (Å²) in [4.78, 5) is 40.8. The van der Waals surface area contributed by atoms with Crippen molar-refractivity contribution in [2.75, 3.05) is 12.8 Å². The van der Waals surface area contributed by atoms with Crippen LogP contribution < -0.4 is 10.6 Å². The lowest BCUT2D eigenvalue weighted by molar-refractivity contribution is -0.205. The Morgan fingerprint density at radius 3 is 2.43 bits per heavy atom. The van der Waals surface area contributed by atoms with Crippen LogP contribution in [0, 0.1) is 0 Å². The molecule has 3 amide bonds. The number of allylic oxidation sites excluding steroid dienone is 1. The Bertz CT molecular complexity index is 1010. The first-order chi connectivity index (χ1) is 19.7. The zero-order valence-electron chi connectivity index (χ0n) is 25.0. The molecular formula is C29H46ClN3O8S. The van der Waals surface area contributed by atoms with Gasteiger partial charge in [0.05, 0.1) is 11.4 Å². The number of thioether (sulfide) groups is 1. The van der Waals surface area contributed by atoms with E-state index in [4.69, 9.17) is 21.1 Å². The predicted molar refractivity (Wildman–Crippen MR) is 161 cm³/mol. The van der Waals surface area contributed by atoms with Crippen LogP contribution in [0.5, 0.6) is 0 Å². The highest BCUT2D eigenvalue weighted by molar-refractivity contribution is 7.99. The first-order valence-corrected chi connectivity index (χ1v) is 16.3. The molecule has 0 aromatic rings. The van der Waals surface area contributed by atoms with Crippen LogP contribution in [0.3, 0.4) is 0 Å². The third-order valence-corrected chi connectivity index (χ3v) is 8.82. The number of halogens is 1. The number of hydrogen-bond donors (Lipinski definition) is 5. The minimum Gasteiger partial charge on any atom is -0.444 e. The highest BCUT2D eigenvalue weighted by Crippen LogP contribution is 2.31. The number of aliphatic hydroxyl groups excluding tert-OH is 3. The number of carbonyl (C=O) groups excluding carboxylic acids is 3. The predicted octanol–water partition coefficient (Wildman–Crippen LogP) is 2.21. The van der Waals surface area contributed by atoms with E-state index in [1.54, 1.807) is 40.0 Å². The lowest BCUT2D eigenvalue weighted by Crippen LogP contribution is -2.65. The lowest BCUT2D eigenvalue weighted by Gasteiger charge is -2.44. The molecule has 3 rings (SSSR count). The Balaban J connectivity index is 1.80. The Hall–Kier alpha value is -1.83. The van der Waals surface area contributed by atoms with E-state index in [0.29, 0.717) is 6.42 Å². The van der Waals surface area contributed by atoms with Crippen LogP contribution >= 0.6 is 23.4 Å². The Kier molecular flexibility index (Phi) is 12.6. The second-order valence-electron chi connectivity index (χ2n) is 12.2. The average molecular weight is 632 g/mol. The summed E-state index contributed by atoms with van der Waals surface area (Å²) in [6.45, 7) is 7.00.